The van der Waals surface area contributed by atoms with E-state index in [4.69, 9.17) is 14.2 Å². The van der Waals surface area contributed by atoms with Gasteiger partial charge in [-0.2, -0.15) is 0 Å². The minimum atomic E-state index is -0.866. The maximum absolute atomic E-state index is 12.4. The second-order valence-electron chi connectivity index (χ2n) is 5.17. The molecule has 0 saturated heterocycles. The Morgan fingerprint density at radius 2 is 1.71 bits per heavy atom. The van der Waals surface area contributed by atoms with Crippen molar-refractivity contribution in [2.24, 2.45) is 0 Å². The SMILES string of the molecule is COCCN(CCOC)C(=O)NC1(OC=O)CCCCC1. The summed E-state index contributed by atoms with van der Waals surface area (Å²) in [5.74, 6) is 0. The fourth-order valence-corrected chi connectivity index (χ4v) is 2.48. The lowest BCUT2D eigenvalue weighted by Gasteiger charge is -2.37. The Hall–Kier alpha value is -1.34. The molecule has 0 aliphatic heterocycles. The Morgan fingerprint density at radius 1 is 1.14 bits per heavy atom. The highest BCUT2D eigenvalue weighted by atomic mass is 16.6. The topological polar surface area (TPSA) is 77.1 Å². The highest BCUT2D eigenvalue weighted by Crippen LogP contribution is 2.28. The van der Waals surface area contributed by atoms with Crippen molar-refractivity contribution >= 4 is 12.5 Å². The molecule has 0 heterocycles. The standard InChI is InChI=1S/C14H26N2O5/c1-19-10-8-16(9-11-20-2)13(18)15-14(21-12-17)6-4-3-5-7-14/h12H,3-11H2,1-2H3,(H,15,18). The number of carbonyl (C=O) groups excluding carboxylic acids is 2. The molecule has 0 unspecified atom stereocenters. The molecule has 1 aliphatic rings. The van der Waals surface area contributed by atoms with E-state index in [9.17, 15) is 9.59 Å². The summed E-state index contributed by atoms with van der Waals surface area (Å²) in [6, 6.07) is -0.257. The molecule has 0 bridgehead atoms. The molecular weight excluding hydrogens is 276 g/mol. The number of carbonyl (C=O) groups is 2. The molecule has 0 aromatic rings. The van der Waals surface area contributed by atoms with Crippen molar-refractivity contribution < 1.29 is 23.8 Å². The first-order chi connectivity index (χ1) is 10.2. The van der Waals surface area contributed by atoms with E-state index in [2.05, 4.69) is 5.32 Å². The Morgan fingerprint density at radius 3 is 2.19 bits per heavy atom. The molecule has 122 valence electrons. The zero-order valence-electron chi connectivity index (χ0n) is 12.9. The van der Waals surface area contributed by atoms with Crippen molar-refractivity contribution in [3.63, 3.8) is 0 Å². The van der Waals surface area contributed by atoms with Gasteiger partial charge in [-0.25, -0.2) is 4.79 Å². The van der Waals surface area contributed by atoms with Gasteiger partial charge in [0.2, 0.25) is 0 Å². The second-order valence-corrected chi connectivity index (χ2v) is 5.17. The van der Waals surface area contributed by atoms with Gasteiger partial charge in [-0.05, 0) is 12.8 Å². The summed E-state index contributed by atoms with van der Waals surface area (Å²) < 4.78 is 15.2. The molecule has 0 spiro atoms. The van der Waals surface area contributed by atoms with E-state index in [0.717, 1.165) is 19.3 Å². The van der Waals surface area contributed by atoms with E-state index in [1.165, 1.54) is 0 Å². The maximum Gasteiger partial charge on any atom is 0.320 e. The van der Waals surface area contributed by atoms with Crippen molar-refractivity contribution in [2.45, 2.75) is 37.8 Å². The van der Waals surface area contributed by atoms with E-state index in [0.29, 0.717) is 45.6 Å². The molecule has 0 atom stereocenters. The fraction of sp³-hybridized carbons (Fsp3) is 0.857. The third-order valence-corrected chi connectivity index (χ3v) is 3.69. The van der Waals surface area contributed by atoms with Gasteiger partial charge >= 0.3 is 6.03 Å². The van der Waals surface area contributed by atoms with E-state index >= 15 is 0 Å². The zero-order chi connectivity index (χ0) is 15.6. The number of methoxy groups -OCH3 is 2. The second kappa shape index (κ2) is 9.57. The molecule has 7 nitrogen and oxygen atoms in total. The van der Waals surface area contributed by atoms with Crippen LogP contribution in [0.1, 0.15) is 32.1 Å². The van der Waals surface area contributed by atoms with Crippen molar-refractivity contribution in [1.29, 1.82) is 0 Å². The Kier molecular flexibility index (Phi) is 8.07. The summed E-state index contributed by atoms with van der Waals surface area (Å²) in [7, 11) is 3.18. The number of nitrogens with one attached hydrogen (secondary N) is 1. The summed E-state index contributed by atoms with van der Waals surface area (Å²) in [6.07, 6.45) is 4.27. The molecule has 2 amide bonds. The minimum absolute atomic E-state index is 0.257. The smallest absolute Gasteiger partial charge is 0.320 e. The first-order valence-corrected chi connectivity index (χ1v) is 7.34. The minimum Gasteiger partial charge on any atom is -0.441 e. The molecule has 1 rings (SSSR count). The summed E-state index contributed by atoms with van der Waals surface area (Å²) >= 11 is 0. The molecule has 0 radical (unpaired) electrons. The van der Waals surface area contributed by atoms with Crippen LogP contribution < -0.4 is 5.32 Å². The molecule has 0 aromatic carbocycles. The van der Waals surface area contributed by atoms with Gasteiger partial charge in [0.25, 0.3) is 6.47 Å². The lowest BCUT2D eigenvalue weighted by Crippen LogP contribution is -2.56. The largest absolute Gasteiger partial charge is 0.441 e. The lowest BCUT2D eigenvalue weighted by atomic mass is 9.91. The number of amides is 2. The third kappa shape index (κ3) is 5.89. The van der Waals surface area contributed by atoms with Crippen LogP contribution in [0.15, 0.2) is 0 Å². The van der Waals surface area contributed by atoms with E-state index in [-0.39, 0.29) is 6.03 Å². The molecule has 1 fully saturated rings. The van der Waals surface area contributed by atoms with Gasteiger partial charge in [0, 0.05) is 40.2 Å². The van der Waals surface area contributed by atoms with Crippen LogP contribution in [-0.2, 0) is 19.0 Å². The van der Waals surface area contributed by atoms with Crippen molar-refractivity contribution in [3.05, 3.63) is 0 Å². The first kappa shape index (κ1) is 17.7. The quantitative estimate of drug-likeness (QED) is 0.510. The summed E-state index contributed by atoms with van der Waals surface area (Å²) in [4.78, 5) is 24.8. The van der Waals surface area contributed by atoms with Gasteiger partial charge in [-0.15, -0.1) is 0 Å². The van der Waals surface area contributed by atoms with Gasteiger partial charge in [-0.1, -0.05) is 6.42 Å². The number of nitrogens with zero attached hydrogens (tertiary/aromatic N) is 1. The summed E-state index contributed by atoms with van der Waals surface area (Å²) in [5, 5.41) is 2.87. The van der Waals surface area contributed by atoms with Crippen LogP contribution in [0.3, 0.4) is 0 Å². The van der Waals surface area contributed by atoms with Crippen LogP contribution in [-0.4, -0.2) is 63.7 Å². The lowest BCUT2D eigenvalue weighted by molar-refractivity contribution is -0.150. The van der Waals surface area contributed by atoms with Crippen LogP contribution in [0.5, 0.6) is 0 Å². The van der Waals surface area contributed by atoms with Crippen LogP contribution >= 0.6 is 0 Å². The monoisotopic (exact) mass is 302 g/mol. The van der Waals surface area contributed by atoms with E-state index in [1.54, 1.807) is 19.1 Å². The molecule has 1 aliphatic carbocycles. The Balaban J connectivity index is 2.64. The Labute approximate surface area is 125 Å². The number of rotatable bonds is 9. The average Bonchev–Trinajstić information content (AvgIpc) is 2.48. The third-order valence-electron chi connectivity index (χ3n) is 3.69. The Bertz CT molecular complexity index is 310. The molecule has 21 heavy (non-hydrogen) atoms. The van der Waals surface area contributed by atoms with Gasteiger partial charge in [-0.3, -0.25) is 10.1 Å². The van der Waals surface area contributed by atoms with E-state index < -0.39 is 5.72 Å². The van der Waals surface area contributed by atoms with Crippen LogP contribution in [0.4, 0.5) is 4.79 Å². The highest BCUT2D eigenvalue weighted by Gasteiger charge is 2.36. The number of ether oxygens (including phenoxy) is 3. The predicted octanol–water partition coefficient (Wildman–Crippen LogP) is 1.12. The predicted molar refractivity (Wildman–Crippen MR) is 76.8 cm³/mol. The molecule has 7 heteroatoms. The van der Waals surface area contributed by atoms with Crippen molar-refractivity contribution in [1.82, 2.24) is 10.2 Å². The van der Waals surface area contributed by atoms with Gasteiger partial charge in [0.05, 0.1) is 13.2 Å². The van der Waals surface area contributed by atoms with Crippen LogP contribution in [0.25, 0.3) is 0 Å². The summed E-state index contributed by atoms with van der Waals surface area (Å²) in [5.41, 5.74) is -0.866. The molecule has 0 aromatic heterocycles. The summed E-state index contributed by atoms with van der Waals surface area (Å²) in [6.45, 7) is 2.23. The maximum atomic E-state index is 12.4. The molecule has 1 saturated carbocycles. The number of hydrogen-bond donors (Lipinski definition) is 1. The molecule has 1 N–H and O–H groups in total. The van der Waals surface area contributed by atoms with Gasteiger partial charge < -0.3 is 19.1 Å². The fourth-order valence-electron chi connectivity index (χ4n) is 2.48. The normalized spacial score (nSPS) is 17.0. The van der Waals surface area contributed by atoms with Crippen molar-refractivity contribution in [2.75, 3.05) is 40.5 Å². The van der Waals surface area contributed by atoms with Crippen LogP contribution in [0, 0.1) is 0 Å². The average molecular weight is 302 g/mol. The van der Waals surface area contributed by atoms with Gasteiger partial charge in [0.1, 0.15) is 0 Å². The van der Waals surface area contributed by atoms with Crippen LogP contribution in [0.2, 0.25) is 0 Å². The molecular formula is C14H26N2O5. The zero-order valence-corrected chi connectivity index (χ0v) is 12.9. The first-order valence-electron chi connectivity index (χ1n) is 7.34. The van der Waals surface area contributed by atoms with E-state index in [1.807, 2.05) is 0 Å². The van der Waals surface area contributed by atoms with Crippen molar-refractivity contribution in [3.8, 4) is 0 Å². The number of hydrogen-bond acceptors (Lipinski definition) is 5. The van der Waals surface area contributed by atoms with Gasteiger partial charge in [0.15, 0.2) is 5.72 Å². The number of urea groups is 1. The highest BCUT2D eigenvalue weighted by molar-refractivity contribution is 5.75.